The number of rotatable bonds is 1. The molecule has 31 heavy (non-hydrogen) atoms. The average Bonchev–Trinajstić information content (AvgIpc) is 2.73. The van der Waals surface area contributed by atoms with Crippen LogP contribution in [-0.2, 0) is 4.74 Å². The van der Waals surface area contributed by atoms with Gasteiger partial charge >= 0.3 is 5.43 Å². The fraction of sp³-hybridized carbons (Fsp3) is 0.0455. The maximum Gasteiger partial charge on any atom is 0.423 e. The topological polar surface area (TPSA) is 158 Å². The molecule has 0 spiro atoms. The predicted octanol–water partition coefficient (Wildman–Crippen LogP) is 1.47. The molecule has 1 atom stereocenters. The third kappa shape index (κ3) is 2.17. The lowest BCUT2D eigenvalue weighted by molar-refractivity contribution is 0.191. The average molecular weight is 421 g/mol. The standard InChI is InChI=1S/C22H12O9/c23-8-4-13-16-14(5-8)30-20-15-9(6-12(26)18(20)27)22(28)31-21(17(15)16)19(29-13)7-1-2-10(24)11(25)3-7/h1-6,13,23-26,28H/p+1. The Kier molecular flexibility index (Phi) is 3.10. The third-order valence-electron chi connectivity index (χ3n) is 5.46. The molecule has 6 rings (SSSR count). The number of aliphatic hydroxyl groups excluding tert-OH is 1. The van der Waals surface area contributed by atoms with E-state index in [2.05, 4.69) is 0 Å². The van der Waals surface area contributed by atoms with E-state index in [1.165, 1.54) is 30.4 Å². The first-order valence-electron chi connectivity index (χ1n) is 9.15. The Hall–Kier alpha value is -4.53. The lowest BCUT2D eigenvalue weighted by Crippen LogP contribution is -2.29. The minimum Gasteiger partial charge on any atom is -0.508 e. The monoisotopic (exact) mass is 421 g/mol. The zero-order valence-electron chi connectivity index (χ0n) is 15.4. The third-order valence-corrected chi connectivity index (χ3v) is 5.46. The molecule has 0 radical (unpaired) electrons. The smallest absolute Gasteiger partial charge is 0.423 e. The Balaban J connectivity index is 1.92. The van der Waals surface area contributed by atoms with Crippen LogP contribution in [0, 0.1) is 0 Å². The van der Waals surface area contributed by atoms with Gasteiger partial charge in [0.2, 0.25) is 11.3 Å². The number of hydrogen-bond acceptors (Lipinski definition) is 8. The van der Waals surface area contributed by atoms with Gasteiger partial charge in [0.25, 0.3) is 5.95 Å². The number of allylic oxidation sites excluding steroid dienone is 1. The zero-order valence-corrected chi connectivity index (χ0v) is 15.4. The van der Waals surface area contributed by atoms with E-state index in [-0.39, 0.29) is 44.5 Å². The van der Waals surface area contributed by atoms with Crippen molar-refractivity contribution in [3.05, 3.63) is 63.5 Å². The van der Waals surface area contributed by atoms with Crippen LogP contribution in [-0.4, -0.2) is 30.3 Å². The number of phenolic OH excluding ortho intramolecular Hbond substituents is 3. The van der Waals surface area contributed by atoms with Gasteiger partial charge in [-0.15, -0.1) is 0 Å². The lowest BCUT2D eigenvalue weighted by atomic mass is 9.94. The Labute approximate surface area is 170 Å². The molecular weight excluding hydrogens is 408 g/mol. The molecule has 9 nitrogen and oxygen atoms in total. The number of phenols is 3. The Morgan fingerprint density at radius 1 is 0.871 bits per heavy atom. The minimum absolute atomic E-state index is 0.0802. The summed E-state index contributed by atoms with van der Waals surface area (Å²) in [6.45, 7) is 0. The van der Waals surface area contributed by atoms with Crippen molar-refractivity contribution in [3.8, 4) is 23.2 Å². The lowest BCUT2D eigenvalue weighted by Gasteiger charge is -2.26. The van der Waals surface area contributed by atoms with Crippen molar-refractivity contribution in [2.75, 3.05) is 0 Å². The summed E-state index contributed by atoms with van der Waals surface area (Å²) in [5.74, 6) is -1.83. The first-order valence-corrected chi connectivity index (χ1v) is 9.15. The van der Waals surface area contributed by atoms with Gasteiger partial charge in [0.1, 0.15) is 11.2 Å². The molecular formula is C22H13O9+. The van der Waals surface area contributed by atoms with Crippen molar-refractivity contribution in [1.29, 1.82) is 0 Å². The van der Waals surface area contributed by atoms with Gasteiger partial charge in [-0.05, 0) is 18.2 Å². The summed E-state index contributed by atoms with van der Waals surface area (Å²) in [5.41, 5.74) is 0.418. The molecule has 0 amide bonds. The first-order chi connectivity index (χ1) is 14.8. The summed E-state index contributed by atoms with van der Waals surface area (Å²) in [7, 11) is 0. The second-order valence-corrected chi connectivity index (χ2v) is 7.29. The second kappa shape index (κ2) is 5.54. The van der Waals surface area contributed by atoms with Crippen molar-refractivity contribution >= 4 is 33.6 Å². The van der Waals surface area contributed by atoms with Crippen LogP contribution in [0.4, 0.5) is 0 Å². The van der Waals surface area contributed by atoms with E-state index in [1.807, 2.05) is 0 Å². The molecule has 9 heteroatoms. The number of benzene rings is 2. The van der Waals surface area contributed by atoms with E-state index in [0.717, 1.165) is 6.07 Å². The molecule has 2 aromatic carbocycles. The van der Waals surface area contributed by atoms with Gasteiger partial charge in [0.15, 0.2) is 28.8 Å². The number of aromatic hydroxyl groups is 4. The van der Waals surface area contributed by atoms with Gasteiger partial charge in [-0.2, -0.15) is 0 Å². The van der Waals surface area contributed by atoms with E-state index < -0.39 is 29.0 Å². The van der Waals surface area contributed by atoms with Crippen LogP contribution in [0.15, 0.2) is 44.9 Å². The maximum atomic E-state index is 10.5. The highest BCUT2D eigenvalue weighted by atomic mass is 16.5. The Bertz CT molecular complexity index is 1680. The van der Waals surface area contributed by atoms with Crippen LogP contribution < -0.4 is 16.3 Å². The molecule has 6 N–H and O–H groups in total. The first kappa shape index (κ1) is 17.3. The quantitative estimate of drug-likeness (QED) is 0.228. The summed E-state index contributed by atoms with van der Waals surface area (Å²) in [4.78, 5) is 10.4. The molecule has 1 aliphatic carbocycles. The van der Waals surface area contributed by atoms with Crippen molar-refractivity contribution in [3.63, 3.8) is 0 Å². The highest BCUT2D eigenvalue weighted by Gasteiger charge is 2.34. The van der Waals surface area contributed by atoms with Gasteiger partial charge in [0, 0.05) is 29.2 Å². The molecule has 0 saturated heterocycles. The molecule has 154 valence electrons. The summed E-state index contributed by atoms with van der Waals surface area (Å²) < 4.78 is 17.5. The maximum absolute atomic E-state index is 10.5. The van der Waals surface area contributed by atoms with Crippen LogP contribution in [0.1, 0.15) is 17.2 Å². The Morgan fingerprint density at radius 3 is 2.45 bits per heavy atom. The molecule has 0 bridgehead atoms. The van der Waals surface area contributed by atoms with Crippen molar-refractivity contribution in [2.45, 2.75) is 6.10 Å². The van der Waals surface area contributed by atoms with Crippen molar-refractivity contribution in [2.24, 2.45) is 0 Å². The van der Waals surface area contributed by atoms with Crippen molar-refractivity contribution < 1.29 is 43.9 Å². The number of ether oxygens (including phenoxy) is 1. The van der Waals surface area contributed by atoms with Gasteiger partial charge in [-0.1, -0.05) is 0 Å². The van der Waals surface area contributed by atoms with E-state index in [4.69, 9.17) is 13.6 Å². The minimum atomic E-state index is -0.814. The molecule has 3 heterocycles. The SMILES string of the molecule is OC1=CC2OC(c3ccc(O)c(O)c3)=c3oc(O)c4cc(O)c(=[OH+])c5oc(c2c3c45)=C1. The molecule has 0 saturated carbocycles. The second-order valence-electron chi connectivity index (χ2n) is 7.29. The largest absolute Gasteiger partial charge is 0.508 e. The molecule has 4 aromatic rings. The van der Waals surface area contributed by atoms with Crippen LogP contribution in [0.3, 0.4) is 0 Å². The van der Waals surface area contributed by atoms with Crippen LogP contribution >= 0.6 is 0 Å². The van der Waals surface area contributed by atoms with Gasteiger partial charge in [-0.25, -0.2) is 0 Å². The highest BCUT2D eigenvalue weighted by Crippen LogP contribution is 2.40. The number of hydrogen-bond donors (Lipinski definition) is 5. The van der Waals surface area contributed by atoms with Crippen LogP contribution in [0.2, 0.25) is 0 Å². The fourth-order valence-electron chi connectivity index (χ4n) is 4.12. The fourth-order valence-corrected chi connectivity index (χ4v) is 4.12. The van der Waals surface area contributed by atoms with Gasteiger partial charge in [0.05, 0.1) is 16.3 Å². The molecule has 2 aromatic heterocycles. The zero-order chi connectivity index (χ0) is 21.6. The van der Waals surface area contributed by atoms with E-state index >= 15 is 0 Å². The molecule has 0 fully saturated rings. The van der Waals surface area contributed by atoms with E-state index in [1.54, 1.807) is 0 Å². The number of aliphatic hydroxyl groups is 1. The van der Waals surface area contributed by atoms with E-state index in [9.17, 15) is 30.3 Å². The molecule has 1 unspecified atom stereocenters. The van der Waals surface area contributed by atoms with E-state index in [0.29, 0.717) is 16.5 Å². The van der Waals surface area contributed by atoms with Gasteiger partial charge < -0.3 is 39.1 Å². The predicted molar refractivity (Wildman–Crippen MR) is 105 cm³/mol. The molecule has 2 aliphatic rings. The van der Waals surface area contributed by atoms with Crippen LogP contribution in [0.25, 0.3) is 33.6 Å². The highest BCUT2D eigenvalue weighted by molar-refractivity contribution is 6.11. The summed E-state index contributed by atoms with van der Waals surface area (Å²) in [6.07, 6.45) is 1.96. The molecule has 1 aliphatic heterocycles. The summed E-state index contributed by atoms with van der Waals surface area (Å²) in [5, 5.41) is 51.2. The normalized spacial score (nSPS) is 16.8. The van der Waals surface area contributed by atoms with Crippen molar-refractivity contribution in [1.82, 2.24) is 0 Å². The van der Waals surface area contributed by atoms with Gasteiger partial charge in [-0.3, -0.25) is 4.79 Å². The van der Waals surface area contributed by atoms with Crippen LogP contribution in [0.5, 0.6) is 23.2 Å². The Morgan fingerprint density at radius 2 is 1.68 bits per heavy atom. The summed E-state index contributed by atoms with van der Waals surface area (Å²) >= 11 is 0. The summed E-state index contributed by atoms with van der Waals surface area (Å²) in [6, 6.07) is 5.16.